The number of nitrogens with two attached hydrogens (primary N) is 1. The molecule has 1 saturated heterocycles. The topological polar surface area (TPSA) is 46.3 Å². The molecule has 1 aliphatic heterocycles. The highest BCUT2D eigenvalue weighted by Crippen LogP contribution is 2.29. The quantitative estimate of drug-likeness (QED) is 0.521. The van der Waals surface area contributed by atoms with Gasteiger partial charge in [0.05, 0.1) is 0 Å². The number of carbonyl (C=O) groups excluding carboxylic acids is 1. The fraction of sp³-hybridized carbons (Fsp3) is 0.222. The summed E-state index contributed by atoms with van der Waals surface area (Å²) in [5, 5.41) is 0. The highest BCUT2D eigenvalue weighted by molar-refractivity contribution is 5.95. The van der Waals surface area contributed by atoms with Crippen LogP contribution in [0.2, 0.25) is 0 Å². The number of halogens is 1. The van der Waals surface area contributed by atoms with Crippen LogP contribution < -0.4 is 5.73 Å². The molecule has 0 unspecified atom stereocenters. The van der Waals surface area contributed by atoms with Gasteiger partial charge in [-0.25, -0.2) is 0 Å². The van der Waals surface area contributed by atoms with Crippen molar-refractivity contribution in [3.05, 3.63) is 107 Å². The fourth-order valence-corrected chi connectivity index (χ4v) is 4.10. The molecule has 0 aromatic heterocycles. The summed E-state index contributed by atoms with van der Waals surface area (Å²) in [6.07, 6.45) is 6.12. The number of piperidine rings is 1. The molecule has 1 heterocycles. The Morgan fingerprint density at radius 3 is 2.29 bits per heavy atom. The second kappa shape index (κ2) is 10.9. The molecular weight excluding hydrogens is 404 g/mol. The Morgan fingerprint density at radius 1 is 0.871 bits per heavy atom. The molecular formula is C27H29ClN2O. The molecule has 0 radical (unpaired) electrons. The van der Waals surface area contributed by atoms with Gasteiger partial charge < -0.3 is 10.6 Å². The van der Waals surface area contributed by atoms with Crippen LogP contribution in [0.15, 0.2) is 78.9 Å². The summed E-state index contributed by atoms with van der Waals surface area (Å²) in [6, 6.07) is 26.6. The van der Waals surface area contributed by atoms with E-state index < -0.39 is 0 Å². The highest BCUT2D eigenvalue weighted by Gasteiger charge is 2.24. The largest absolute Gasteiger partial charge is 0.339 e. The predicted molar refractivity (Wildman–Crippen MR) is 131 cm³/mol. The maximum absolute atomic E-state index is 13.1. The van der Waals surface area contributed by atoms with Gasteiger partial charge in [0, 0.05) is 25.2 Å². The van der Waals surface area contributed by atoms with Crippen molar-refractivity contribution in [3.8, 4) is 0 Å². The van der Waals surface area contributed by atoms with Gasteiger partial charge in [0.15, 0.2) is 0 Å². The summed E-state index contributed by atoms with van der Waals surface area (Å²) >= 11 is 0. The van der Waals surface area contributed by atoms with Crippen LogP contribution >= 0.6 is 12.4 Å². The zero-order valence-corrected chi connectivity index (χ0v) is 18.4. The first-order valence-electron chi connectivity index (χ1n) is 10.6. The molecule has 0 bridgehead atoms. The molecule has 1 amide bonds. The molecule has 4 heteroatoms. The molecule has 3 aromatic rings. The van der Waals surface area contributed by atoms with Crippen molar-refractivity contribution in [1.29, 1.82) is 0 Å². The van der Waals surface area contributed by atoms with Crippen molar-refractivity contribution >= 4 is 30.5 Å². The van der Waals surface area contributed by atoms with Crippen molar-refractivity contribution in [2.45, 2.75) is 25.3 Å². The van der Waals surface area contributed by atoms with E-state index in [1.165, 1.54) is 11.1 Å². The first-order chi connectivity index (χ1) is 14.7. The number of hydrogen-bond acceptors (Lipinski definition) is 2. The first kappa shape index (κ1) is 22.8. The second-order valence-electron chi connectivity index (χ2n) is 7.89. The normalized spacial score (nSPS) is 14.4. The van der Waals surface area contributed by atoms with E-state index >= 15 is 0 Å². The Balaban J connectivity index is 0.00000272. The lowest BCUT2D eigenvalue weighted by molar-refractivity contribution is 0.0713. The van der Waals surface area contributed by atoms with E-state index in [0.717, 1.165) is 42.6 Å². The Morgan fingerprint density at radius 2 is 1.55 bits per heavy atom. The maximum atomic E-state index is 13.1. The van der Waals surface area contributed by atoms with Crippen molar-refractivity contribution in [2.24, 2.45) is 5.73 Å². The van der Waals surface area contributed by atoms with E-state index in [-0.39, 0.29) is 18.3 Å². The van der Waals surface area contributed by atoms with Gasteiger partial charge >= 0.3 is 0 Å². The SMILES string of the molecule is Cl.NCc1cccc(C2CCN(C(=O)c3cccc(C=Cc4ccccc4)c3)CC2)c1. The van der Waals surface area contributed by atoms with Gasteiger partial charge in [0.25, 0.3) is 5.91 Å². The summed E-state index contributed by atoms with van der Waals surface area (Å²) < 4.78 is 0. The zero-order chi connectivity index (χ0) is 20.8. The van der Waals surface area contributed by atoms with Crippen LogP contribution in [-0.2, 0) is 6.54 Å². The van der Waals surface area contributed by atoms with Gasteiger partial charge in [-0.05, 0) is 53.1 Å². The smallest absolute Gasteiger partial charge is 0.253 e. The van der Waals surface area contributed by atoms with E-state index in [2.05, 4.69) is 48.6 Å². The Labute approximate surface area is 191 Å². The van der Waals surface area contributed by atoms with E-state index in [1.54, 1.807) is 0 Å². The Kier molecular flexibility index (Phi) is 8.05. The van der Waals surface area contributed by atoms with Crippen molar-refractivity contribution in [1.82, 2.24) is 4.90 Å². The number of nitrogens with zero attached hydrogens (tertiary/aromatic N) is 1. The summed E-state index contributed by atoms with van der Waals surface area (Å²) in [7, 11) is 0. The summed E-state index contributed by atoms with van der Waals surface area (Å²) in [4.78, 5) is 15.0. The predicted octanol–water partition coefficient (Wildman–Crippen LogP) is 5.76. The second-order valence-corrected chi connectivity index (χ2v) is 7.89. The molecule has 160 valence electrons. The van der Waals surface area contributed by atoms with Crippen LogP contribution in [0.4, 0.5) is 0 Å². The summed E-state index contributed by atoms with van der Waals surface area (Å²) in [5.41, 5.74) is 11.2. The standard InChI is InChI=1S/C27H28N2O.ClH/c28-20-23-9-5-10-25(19-23)24-14-16-29(17-15-24)27(30)26-11-4-8-22(18-26)13-12-21-6-2-1-3-7-21;/h1-13,18-19,24H,14-17,20,28H2;1H. The monoisotopic (exact) mass is 432 g/mol. The lowest BCUT2D eigenvalue weighted by Gasteiger charge is -2.32. The molecule has 1 fully saturated rings. The van der Waals surface area contributed by atoms with E-state index in [4.69, 9.17) is 5.73 Å². The van der Waals surface area contributed by atoms with Crippen LogP contribution in [0.1, 0.15) is 51.4 Å². The minimum Gasteiger partial charge on any atom is -0.339 e. The van der Waals surface area contributed by atoms with E-state index in [0.29, 0.717) is 12.5 Å². The number of hydrogen-bond donors (Lipinski definition) is 1. The third-order valence-electron chi connectivity index (χ3n) is 5.84. The van der Waals surface area contributed by atoms with Crippen molar-refractivity contribution in [3.63, 3.8) is 0 Å². The highest BCUT2D eigenvalue weighted by atomic mass is 35.5. The minimum atomic E-state index is 0. The molecule has 3 nitrogen and oxygen atoms in total. The number of likely N-dealkylation sites (tertiary alicyclic amines) is 1. The molecule has 3 aromatic carbocycles. The lowest BCUT2D eigenvalue weighted by atomic mass is 9.88. The maximum Gasteiger partial charge on any atom is 0.253 e. The molecule has 0 spiro atoms. The van der Waals surface area contributed by atoms with Gasteiger partial charge in [-0.3, -0.25) is 4.79 Å². The Bertz CT molecular complexity index is 1020. The molecule has 0 saturated carbocycles. The molecule has 31 heavy (non-hydrogen) atoms. The molecule has 1 aliphatic rings. The van der Waals surface area contributed by atoms with E-state index in [1.807, 2.05) is 47.4 Å². The zero-order valence-electron chi connectivity index (χ0n) is 17.6. The molecule has 2 N–H and O–H groups in total. The van der Waals surface area contributed by atoms with Crippen LogP contribution in [0.3, 0.4) is 0 Å². The van der Waals surface area contributed by atoms with Gasteiger partial charge in [0.2, 0.25) is 0 Å². The number of amides is 1. The van der Waals surface area contributed by atoms with Gasteiger partial charge in [-0.2, -0.15) is 0 Å². The summed E-state index contributed by atoms with van der Waals surface area (Å²) in [6.45, 7) is 2.15. The van der Waals surface area contributed by atoms with Gasteiger partial charge in [-0.15, -0.1) is 12.4 Å². The van der Waals surface area contributed by atoms with Crippen molar-refractivity contribution in [2.75, 3.05) is 13.1 Å². The number of benzene rings is 3. The fourth-order valence-electron chi connectivity index (χ4n) is 4.10. The van der Waals surface area contributed by atoms with Crippen LogP contribution in [-0.4, -0.2) is 23.9 Å². The van der Waals surface area contributed by atoms with Crippen molar-refractivity contribution < 1.29 is 4.79 Å². The third-order valence-corrected chi connectivity index (χ3v) is 5.84. The molecule has 4 rings (SSSR count). The average Bonchev–Trinajstić information content (AvgIpc) is 2.83. The number of carbonyl (C=O) groups is 1. The van der Waals surface area contributed by atoms with Crippen LogP contribution in [0, 0.1) is 0 Å². The van der Waals surface area contributed by atoms with E-state index in [9.17, 15) is 4.79 Å². The number of rotatable bonds is 5. The van der Waals surface area contributed by atoms with Gasteiger partial charge in [0.1, 0.15) is 0 Å². The van der Waals surface area contributed by atoms with Crippen LogP contribution in [0.25, 0.3) is 12.2 Å². The lowest BCUT2D eigenvalue weighted by Crippen LogP contribution is -2.37. The minimum absolute atomic E-state index is 0. The molecule has 0 aliphatic carbocycles. The first-order valence-corrected chi connectivity index (χ1v) is 10.6. The Hall–Kier alpha value is -2.88. The van der Waals surface area contributed by atoms with Crippen LogP contribution in [0.5, 0.6) is 0 Å². The third kappa shape index (κ3) is 5.84. The summed E-state index contributed by atoms with van der Waals surface area (Å²) in [5.74, 6) is 0.625. The average molecular weight is 433 g/mol. The molecule has 0 atom stereocenters. The van der Waals surface area contributed by atoms with Gasteiger partial charge in [-0.1, -0.05) is 78.9 Å².